The fourth-order valence-corrected chi connectivity index (χ4v) is 4.34. The van der Waals surface area contributed by atoms with Crippen molar-refractivity contribution in [3.05, 3.63) is 49.9 Å². The zero-order valence-electron chi connectivity index (χ0n) is 16.9. The highest BCUT2D eigenvalue weighted by molar-refractivity contribution is 14.1. The Labute approximate surface area is 196 Å². The summed E-state index contributed by atoms with van der Waals surface area (Å²) in [5.41, 5.74) is 2.36. The number of aliphatic imine (C=N–C) groups is 1. The molecule has 1 aliphatic rings. The predicted molar refractivity (Wildman–Crippen MR) is 127 cm³/mol. The number of carboxylic acid groups (broad SMARTS) is 1. The topological polar surface area (TPSA) is 106 Å². The molecule has 31 heavy (non-hydrogen) atoms. The van der Waals surface area contributed by atoms with Gasteiger partial charge in [-0.3, -0.25) is 4.79 Å². The smallest absolute Gasteiger partial charge is 0.341 e. The third kappa shape index (κ3) is 5.70. The van der Waals surface area contributed by atoms with Crippen molar-refractivity contribution < 1.29 is 28.9 Å². The van der Waals surface area contributed by atoms with Gasteiger partial charge in [0.25, 0.3) is 5.91 Å². The van der Waals surface area contributed by atoms with Gasteiger partial charge in [0.2, 0.25) is 0 Å². The Morgan fingerprint density at radius 1 is 1.23 bits per heavy atom. The average molecular weight is 554 g/mol. The van der Waals surface area contributed by atoms with Crippen molar-refractivity contribution >= 4 is 63.2 Å². The van der Waals surface area contributed by atoms with Crippen molar-refractivity contribution in [1.82, 2.24) is 5.32 Å². The Kier molecular flexibility index (Phi) is 7.44. The molecule has 1 heterocycles. The molecule has 162 valence electrons. The zero-order valence-corrected chi connectivity index (χ0v) is 19.9. The molecular weight excluding hydrogens is 535 g/mol. The minimum Gasteiger partial charge on any atom is -0.494 e. The van der Waals surface area contributed by atoms with Crippen molar-refractivity contribution in [3.63, 3.8) is 0 Å². The number of ether oxygens (including phenoxy) is 3. The fraction of sp³-hybridized carbons (Fsp3) is 0.190. The van der Waals surface area contributed by atoms with E-state index in [1.807, 2.05) is 47.7 Å². The number of thioether (sulfide) groups is 1. The molecule has 0 spiro atoms. The highest BCUT2D eigenvalue weighted by Gasteiger charge is 2.25. The van der Waals surface area contributed by atoms with E-state index in [0.29, 0.717) is 42.1 Å². The van der Waals surface area contributed by atoms with Crippen LogP contribution in [0.4, 0.5) is 5.69 Å². The monoisotopic (exact) mass is 554 g/mol. The number of hydrogen-bond donors (Lipinski definition) is 2. The molecule has 0 aliphatic carbocycles. The Morgan fingerprint density at radius 2 is 1.97 bits per heavy atom. The Balaban J connectivity index is 1.88. The van der Waals surface area contributed by atoms with E-state index in [-0.39, 0.29) is 5.91 Å². The first-order chi connectivity index (χ1) is 14.8. The third-order valence-electron chi connectivity index (χ3n) is 4.10. The second kappa shape index (κ2) is 10.1. The maximum absolute atomic E-state index is 12.4. The van der Waals surface area contributed by atoms with Crippen molar-refractivity contribution in [3.8, 4) is 17.2 Å². The quantitative estimate of drug-likeness (QED) is 0.394. The van der Waals surface area contributed by atoms with Crippen LogP contribution < -0.4 is 19.5 Å². The van der Waals surface area contributed by atoms with E-state index in [1.54, 1.807) is 25.3 Å². The van der Waals surface area contributed by atoms with Gasteiger partial charge in [0.05, 0.1) is 22.7 Å². The van der Waals surface area contributed by atoms with Crippen LogP contribution in [0.3, 0.4) is 0 Å². The van der Waals surface area contributed by atoms with E-state index in [9.17, 15) is 9.59 Å². The van der Waals surface area contributed by atoms with Crippen LogP contribution >= 0.6 is 34.4 Å². The van der Waals surface area contributed by atoms with E-state index in [2.05, 4.69) is 10.3 Å². The summed E-state index contributed by atoms with van der Waals surface area (Å²) < 4.78 is 16.6. The first-order valence-corrected chi connectivity index (χ1v) is 10.9. The van der Waals surface area contributed by atoms with E-state index >= 15 is 0 Å². The molecule has 2 aromatic rings. The molecule has 0 aromatic heterocycles. The lowest BCUT2D eigenvalue weighted by Gasteiger charge is -2.12. The molecule has 2 N–H and O–H groups in total. The fourth-order valence-electron chi connectivity index (χ4n) is 2.73. The van der Waals surface area contributed by atoms with E-state index < -0.39 is 12.6 Å². The molecule has 1 fully saturated rings. The number of nitrogens with zero attached hydrogens (tertiary/aromatic N) is 1. The van der Waals surface area contributed by atoms with Gasteiger partial charge in [-0.2, -0.15) is 0 Å². The number of amides is 1. The lowest BCUT2D eigenvalue weighted by molar-refractivity contribution is -0.139. The summed E-state index contributed by atoms with van der Waals surface area (Å²) >= 11 is 3.25. The number of amidine groups is 1. The van der Waals surface area contributed by atoms with Crippen LogP contribution in [0.2, 0.25) is 0 Å². The summed E-state index contributed by atoms with van der Waals surface area (Å²) in [4.78, 5) is 28.2. The standard InChI is InChI=1S/C21H19IN2O6S/c1-11-4-5-15(28-2)14(6-11)23-21-24-20(27)17(31-21)9-12-7-13(22)19(16(8-12)29-3)30-10-18(25)26/h4-9H,10H2,1-3H3,(H,25,26)(H,23,24,27)/b17-9-. The van der Waals surface area contributed by atoms with Crippen molar-refractivity contribution in [2.75, 3.05) is 20.8 Å². The number of hydrogen-bond acceptors (Lipinski definition) is 7. The predicted octanol–water partition coefficient (Wildman–Crippen LogP) is 3.97. The van der Waals surface area contributed by atoms with Crippen LogP contribution in [-0.4, -0.2) is 43.0 Å². The summed E-state index contributed by atoms with van der Waals surface area (Å²) in [6.45, 7) is 1.47. The molecule has 3 rings (SSSR count). The van der Waals surface area contributed by atoms with E-state index in [0.717, 1.165) is 5.56 Å². The number of halogens is 1. The zero-order chi connectivity index (χ0) is 22.5. The van der Waals surface area contributed by atoms with Crippen LogP contribution in [0, 0.1) is 10.5 Å². The SMILES string of the molecule is COc1ccc(C)cc1N=C1NC(=O)/C(=C/c2cc(I)c(OCC(=O)O)c(OC)c2)S1. The Bertz CT molecular complexity index is 1100. The number of methoxy groups -OCH3 is 2. The second-order valence-electron chi connectivity index (χ2n) is 6.37. The van der Waals surface area contributed by atoms with Crippen molar-refractivity contribution in [1.29, 1.82) is 0 Å². The van der Waals surface area contributed by atoms with Gasteiger partial charge in [0, 0.05) is 0 Å². The van der Waals surface area contributed by atoms with Gasteiger partial charge in [-0.25, -0.2) is 9.79 Å². The number of benzene rings is 2. The molecule has 1 amide bonds. The summed E-state index contributed by atoms with van der Waals surface area (Å²) in [7, 11) is 3.03. The second-order valence-corrected chi connectivity index (χ2v) is 8.57. The summed E-state index contributed by atoms with van der Waals surface area (Å²) in [6, 6.07) is 9.09. The maximum atomic E-state index is 12.4. The summed E-state index contributed by atoms with van der Waals surface area (Å²) in [5.74, 6) is -0.0240. The molecular formula is C21H19IN2O6S. The van der Waals surface area contributed by atoms with Crippen LogP contribution in [0.1, 0.15) is 11.1 Å². The molecule has 0 unspecified atom stereocenters. The van der Waals surface area contributed by atoms with Gasteiger partial charge in [-0.15, -0.1) is 0 Å². The molecule has 0 radical (unpaired) electrons. The van der Waals surface area contributed by atoms with Crippen molar-refractivity contribution in [2.45, 2.75) is 6.92 Å². The van der Waals surface area contributed by atoms with E-state index in [4.69, 9.17) is 19.3 Å². The molecule has 10 heteroatoms. The molecule has 1 aliphatic heterocycles. The van der Waals surface area contributed by atoms with Gasteiger partial charge in [-0.05, 0) is 82.7 Å². The van der Waals surface area contributed by atoms with E-state index in [1.165, 1.54) is 18.9 Å². The summed E-state index contributed by atoms with van der Waals surface area (Å²) in [6.07, 6.45) is 1.71. The first-order valence-electron chi connectivity index (χ1n) is 8.97. The van der Waals surface area contributed by atoms with Crippen LogP contribution in [0.25, 0.3) is 6.08 Å². The summed E-state index contributed by atoms with van der Waals surface area (Å²) in [5, 5.41) is 12.0. The number of aliphatic carboxylic acids is 1. The largest absolute Gasteiger partial charge is 0.494 e. The van der Waals surface area contributed by atoms with Gasteiger partial charge in [0.1, 0.15) is 11.4 Å². The maximum Gasteiger partial charge on any atom is 0.341 e. The normalized spacial score (nSPS) is 15.8. The van der Waals surface area contributed by atoms with Gasteiger partial charge < -0.3 is 24.6 Å². The number of rotatable bonds is 7. The number of nitrogens with one attached hydrogen (secondary N) is 1. The Morgan fingerprint density at radius 3 is 2.65 bits per heavy atom. The highest BCUT2D eigenvalue weighted by atomic mass is 127. The third-order valence-corrected chi connectivity index (χ3v) is 5.81. The first kappa shape index (κ1) is 22.9. The van der Waals surface area contributed by atoms with Gasteiger partial charge in [0.15, 0.2) is 23.3 Å². The molecule has 8 nitrogen and oxygen atoms in total. The Hall–Kier alpha value is -2.73. The van der Waals surface area contributed by atoms with Crippen LogP contribution in [0.5, 0.6) is 17.2 Å². The molecule has 0 bridgehead atoms. The minimum atomic E-state index is -1.08. The van der Waals surface area contributed by atoms with Crippen molar-refractivity contribution in [2.24, 2.45) is 4.99 Å². The molecule has 0 atom stereocenters. The average Bonchev–Trinajstić information content (AvgIpc) is 3.05. The highest BCUT2D eigenvalue weighted by Crippen LogP contribution is 2.37. The number of carbonyl (C=O) groups is 2. The lowest BCUT2D eigenvalue weighted by atomic mass is 10.2. The molecule has 2 aromatic carbocycles. The van der Waals surface area contributed by atoms with Crippen LogP contribution in [0.15, 0.2) is 40.2 Å². The number of carbonyl (C=O) groups excluding carboxylic acids is 1. The van der Waals surface area contributed by atoms with Crippen LogP contribution in [-0.2, 0) is 9.59 Å². The molecule has 1 saturated heterocycles. The van der Waals surface area contributed by atoms with Gasteiger partial charge in [-0.1, -0.05) is 6.07 Å². The lowest BCUT2D eigenvalue weighted by Crippen LogP contribution is -2.19. The number of carboxylic acids is 1. The van der Waals surface area contributed by atoms with Gasteiger partial charge >= 0.3 is 5.97 Å². The number of aryl methyl sites for hydroxylation is 1. The molecule has 0 saturated carbocycles. The minimum absolute atomic E-state index is 0.268.